The molecule has 1 aliphatic heterocycles. The monoisotopic (exact) mass is 263 g/mol. The zero-order valence-corrected chi connectivity index (χ0v) is 11.3. The van der Waals surface area contributed by atoms with Crippen LogP contribution in [0.15, 0.2) is 18.2 Å². The minimum atomic E-state index is -0.00389. The lowest BCUT2D eigenvalue weighted by molar-refractivity contribution is -0.116. The molecule has 0 unspecified atom stereocenters. The van der Waals surface area contributed by atoms with Crippen LogP contribution in [0.5, 0.6) is 5.75 Å². The van der Waals surface area contributed by atoms with E-state index >= 15 is 0 Å². The van der Waals surface area contributed by atoms with Crippen LogP contribution < -0.4 is 15.8 Å². The van der Waals surface area contributed by atoms with Crippen molar-refractivity contribution in [2.75, 3.05) is 37.8 Å². The van der Waals surface area contributed by atoms with Gasteiger partial charge in [-0.15, -0.1) is 0 Å². The van der Waals surface area contributed by atoms with E-state index in [9.17, 15) is 4.79 Å². The number of nitrogens with zero attached hydrogens (tertiary/aromatic N) is 1. The molecule has 104 valence electrons. The number of methoxy groups -OCH3 is 1. The Bertz CT molecular complexity index is 442. The number of rotatable bonds is 5. The highest BCUT2D eigenvalue weighted by Gasteiger charge is 2.13. The number of nitrogens with two attached hydrogens (primary N) is 1. The molecule has 3 N–H and O–H groups in total. The second kappa shape index (κ2) is 6.43. The highest BCUT2D eigenvalue weighted by molar-refractivity contribution is 5.93. The van der Waals surface area contributed by atoms with E-state index in [0.717, 1.165) is 19.6 Å². The Kier molecular flexibility index (Phi) is 4.63. The van der Waals surface area contributed by atoms with Crippen LogP contribution in [-0.4, -0.2) is 37.6 Å². The Hall–Kier alpha value is -1.75. The zero-order valence-electron chi connectivity index (χ0n) is 11.3. The molecule has 1 aliphatic rings. The number of anilines is 2. The van der Waals surface area contributed by atoms with Gasteiger partial charge in [-0.2, -0.15) is 0 Å². The van der Waals surface area contributed by atoms with E-state index in [-0.39, 0.29) is 5.91 Å². The Balaban J connectivity index is 1.88. The van der Waals surface area contributed by atoms with Gasteiger partial charge in [-0.05, 0) is 44.1 Å². The molecule has 0 saturated carbocycles. The average molecular weight is 263 g/mol. The smallest absolute Gasteiger partial charge is 0.225 e. The molecular formula is C14H21N3O2. The number of ether oxygens (including phenoxy) is 1. The first-order valence-electron chi connectivity index (χ1n) is 6.65. The van der Waals surface area contributed by atoms with Crippen LogP contribution in [0.1, 0.15) is 19.3 Å². The summed E-state index contributed by atoms with van der Waals surface area (Å²) in [7, 11) is 1.57. The SMILES string of the molecule is COc1ccc(N)cc1NC(=O)CCN1CCCC1. The number of carbonyl (C=O) groups is 1. The first kappa shape index (κ1) is 13.7. The quantitative estimate of drug-likeness (QED) is 0.793. The van der Waals surface area contributed by atoms with Gasteiger partial charge in [0.15, 0.2) is 0 Å². The molecule has 0 spiro atoms. The van der Waals surface area contributed by atoms with E-state index in [2.05, 4.69) is 10.2 Å². The van der Waals surface area contributed by atoms with Crippen molar-refractivity contribution in [2.24, 2.45) is 0 Å². The lowest BCUT2D eigenvalue weighted by Crippen LogP contribution is -2.25. The highest BCUT2D eigenvalue weighted by atomic mass is 16.5. The second-order valence-electron chi connectivity index (χ2n) is 4.81. The number of likely N-dealkylation sites (tertiary alicyclic amines) is 1. The largest absolute Gasteiger partial charge is 0.495 e. The van der Waals surface area contributed by atoms with Crippen LogP contribution in [0.25, 0.3) is 0 Å². The summed E-state index contributed by atoms with van der Waals surface area (Å²) in [5.74, 6) is 0.625. The van der Waals surface area contributed by atoms with Crippen molar-refractivity contribution in [1.82, 2.24) is 4.90 Å². The number of benzene rings is 1. The van der Waals surface area contributed by atoms with Crippen LogP contribution >= 0.6 is 0 Å². The molecule has 2 rings (SSSR count). The molecule has 5 heteroatoms. The number of nitrogen functional groups attached to an aromatic ring is 1. The molecule has 5 nitrogen and oxygen atoms in total. The maximum atomic E-state index is 11.9. The number of amides is 1. The van der Waals surface area contributed by atoms with E-state index in [4.69, 9.17) is 10.5 Å². The molecule has 1 aromatic rings. The summed E-state index contributed by atoms with van der Waals surface area (Å²) in [4.78, 5) is 14.2. The Labute approximate surface area is 113 Å². The first-order chi connectivity index (χ1) is 9.19. The molecule has 0 aliphatic carbocycles. The van der Waals surface area contributed by atoms with E-state index in [1.165, 1.54) is 12.8 Å². The Morgan fingerprint density at radius 3 is 2.84 bits per heavy atom. The van der Waals surface area contributed by atoms with Crippen molar-refractivity contribution >= 4 is 17.3 Å². The van der Waals surface area contributed by atoms with Gasteiger partial charge in [-0.1, -0.05) is 0 Å². The maximum Gasteiger partial charge on any atom is 0.225 e. The van der Waals surface area contributed by atoms with E-state index in [1.54, 1.807) is 25.3 Å². The van der Waals surface area contributed by atoms with Gasteiger partial charge in [0.2, 0.25) is 5.91 Å². The van der Waals surface area contributed by atoms with Gasteiger partial charge < -0.3 is 20.7 Å². The van der Waals surface area contributed by atoms with Gasteiger partial charge in [0.25, 0.3) is 0 Å². The lowest BCUT2D eigenvalue weighted by Gasteiger charge is -2.15. The zero-order chi connectivity index (χ0) is 13.7. The highest BCUT2D eigenvalue weighted by Crippen LogP contribution is 2.26. The summed E-state index contributed by atoms with van der Waals surface area (Å²) in [5.41, 5.74) is 6.96. The van der Waals surface area contributed by atoms with Crippen molar-refractivity contribution in [1.29, 1.82) is 0 Å². The molecular weight excluding hydrogens is 242 g/mol. The van der Waals surface area contributed by atoms with Crippen LogP contribution in [0, 0.1) is 0 Å². The van der Waals surface area contributed by atoms with Crippen molar-refractivity contribution in [2.45, 2.75) is 19.3 Å². The fourth-order valence-electron chi connectivity index (χ4n) is 2.30. The normalized spacial score (nSPS) is 15.4. The topological polar surface area (TPSA) is 67.6 Å². The van der Waals surface area contributed by atoms with Gasteiger partial charge >= 0.3 is 0 Å². The van der Waals surface area contributed by atoms with Crippen LogP contribution in [0.3, 0.4) is 0 Å². The molecule has 1 amide bonds. The summed E-state index contributed by atoms with van der Waals surface area (Å²) in [6.45, 7) is 3.03. The van der Waals surface area contributed by atoms with Crippen molar-refractivity contribution in [3.63, 3.8) is 0 Å². The third-order valence-electron chi connectivity index (χ3n) is 3.35. The number of nitrogens with one attached hydrogen (secondary N) is 1. The summed E-state index contributed by atoms with van der Waals surface area (Å²) in [5, 5.41) is 2.86. The molecule has 19 heavy (non-hydrogen) atoms. The third kappa shape index (κ3) is 3.86. The summed E-state index contributed by atoms with van der Waals surface area (Å²) in [6, 6.07) is 5.22. The number of carbonyl (C=O) groups excluding carboxylic acids is 1. The van der Waals surface area contributed by atoms with Crippen molar-refractivity contribution < 1.29 is 9.53 Å². The van der Waals surface area contributed by atoms with Gasteiger partial charge in [-0.3, -0.25) is 4.79 Å². The summed E-state index contributed by atoms with van der Waals surface area (Å²) < 4.78 is 5.20. The Morgan fingerprint density at radius 1 is 1.42 bits per heavy atom. The molecule has 0 radical (unpaired) electrons. The minimum absolute atomic E-state index is 0.00389. The Morgan fingerprint density at radius 2 is 2.16 bits per heavy atom. The van der Waals surface area contributed by atoms with Crippen molar-refractivity contribution in [3.8, 4) is 5.75 Å². The van der Waals surface area contributed by atoms with Gasteiger partial charge in [0.05, 0.1) is 12.8 Å². The van der Waals surface area contributed by atoms with Crippen molar-refractivity contribution in [3.05, 3.63) is 18.2 Å². The summed E-state index contributed by atoms with van der Waals surface area (Å²) >= 11 is 0. The fourth-order valence-corrected chi connectivity index (χ4v) is 2.30. The van der Waals surface area contributed by atoms with Gasteiger partial charge in [-0.25, -0.2) is 0 Å². The lowest BCUT2D eigenvalue weighted by atomic mass is 10.2. The second-order valence-corrected chi connectivity index (χ2v) is 4.81. The van der Waals surface area contributed by atoms with Crippen LogP contribution in [0.2, 0.25) is 0 Å². The molecule has 1 heterocycles. The molecule has 1 fully saturated rings. The van der Waals surface area contributed by atoms with Crippen LogP contribution in [-0.2, 0) is 4.79 Å². The van der Waals surface area contributed by atoms with Crippen LogP contribution in [0.4, 0.5) is 11.4 Å². The molecule has 0 atom stereocenters. The predicted molar refractivity (Wildman–Crippen MR) is 76.3 cm³/mol. The standard InChI is InChI=1S/C14H21N3O2/c1-19-13-5-4-11(15)10-12(13)16-14(18)6-9-17-7-2-3-8-17/h4-5,10H,2-3,6-9,15H2,1H3,(H,16,18). The van der Waals surface area contributed by atoms with E-state index < -0.39 is 0 Å². The predicted octanol–water partition coefficient (Wildman–Crippen LogP) is 1.70. The number of hydrogen-bond donors (Lipinski definition) is 2. The molecule has 1 saturated heterocycles. The van der Waals surface area contributed by atoms with E-state index in [0.29, 0.717) is 23.5 Å². The maximum absolute atomic E-state index is 11.9. The minimum Gasteiger partial charge on any atom is -0.495 e. The first-order valence-corrected chi connectivity index (χ1v) is 6.65. The number of hydrogen-bond acceptors (Lipinski definition) is 4. The van der Waals surface area contributed by atoms with Gasteiger partial charge in [0, 0.05) is 18.7 Å². The van der Waals surface area contributed by atoms with E-state index in [1.807, 2.05) is 0 Å². The van der Waals surface area contributed by atoms with Gasteiger partial charge in [0.1, 0.15) is 5.75 Å². The third-order valence-corrected chi connectivity index (χ3v) is 3.35. The average Bonchev–Trinajstić information content (AvgIpc) is 2.90. The molecule has 0 bridgehead atoms. The summed E-state index contributed by atoms with van der Waals surface area (Å²) in [6.07, 6.45) is 2.98. The fraction of sp³-hybridized carbons (Fsp3) is 0.500. The molecule has 0 aromatic heterocycles. The molecule has 1 aromatic carbocycles.